The number of hydrogen-bond acceptors (Lipinski definition) is 5. The number of H-pyrrole nitrogens is 1. The number of nitrogens with one attached hydrogen (secondary N) is 2. The molecule has 1 aromatic heterocycles. The minimum Gasteiger partial charge on any atom is -0.252 e. The zero-order chi connectivity index (χ0) is 13.7. The van der Waals surface area contributed by atoms with Crippen molar-refractivity contribution in [3.8, 4) is 0 Å². The number of hydrogen-bond donors (Lipinski definition) is 2. The van der Waals surface area contributed by atoms with E-state index in [4.69, 9.17) is 0 Å². The van der Waals surface area contributed by atoms with Gasteiger partial charge in [-0.15, -0.1) is 5.10 Å². The van der Waals surface area contributed by atoms with Crippen LogP contribution in [-0.2, 0) is 15.8 Å². The highest BCUT2D eigenvalue weighted by Gasteiger charge is 2.10. The second-order valence-electron chi connectivity index (χ2n) is 3.75. The van der Waals surface area contributed by atoms with Gasteiger partial charge in [0.15, 0.2) is 0 Å². The van der Waals surface area contributed by atoms with Gasteiger partial charge in [-0.3, -0.25) is 4.72 Å². The summed E-state index contributed by atoms with van der Waals surface area (Å²) in [6.07, 6.45) is 0. The lowest BCUT2D eigenvalue weighted by atomic mass is 10.2. The van der Waals surface area contributed by atoms with Crippen LogP contribution in [0.1, 0.15) is 12.5 Å². The minimum atomic E-state index is -3.32. The van der Waals surface area contributed by atoms with E-state index >= 15 is 0 Å². The summed E-state index contributed by atoms with van der Waals surface area (Å²) < 4.78 is 25.0. The van der Waals surface area contributed by atoms with Crippen LogP contribution in [0.15, 0.2) is 35.5 Å². The van der Waals surface area contributed by atoms with Crippen LogP contribution < -0.4 is 4.72 Å². The van der Waals surface area contributed by atoms with Gasteiger partial charge >= 0.3 is 0 Å². The molecule has 6 nitrogen and oxygen atoms in total. The lowest BCUT2D eigenvalue weighted by Crippen LogP contribution is -2.15. The maximum absolute atomic E-state index is 11.4. The third-order valence-electron chi connectivity index (χ3n) is 2.31. The first-order valence-corrected chi connectivity index (χ1v) is 8.32. The molecular weight excluding hydrogens is 284 g/mol. The van der Waals surface area contributed by atoms with Crippen molar-refractivity contribution in [2.45, 2.75) is 17.8 Å². The summed E-state index contributed by atoms with van der Waals surface area (Å²) >= 11 is 1.44. The van der Waals surface area contributed by atoms with Crippen molar-refractivity contribution in [3.05, 3.63) is 35.9 Å². The Morgan fingerprint density at radius 3 is 2.74 bits per heavy atom. The Morgan fingerprint density at radius 1 is 1.32 bits per heavy atom. The molecule has 0 unspecified atom stereocenters. The van der Waals surface area contributed by atoms with Gasteiger partial charge in [0.1, 0.15) is 0 Å². The molecule has 8 heteroatoms. The van der Waals surface area contributed by atoms with Gasteiger partial charge in [0, 0.05) is 5.75 Å². The fourth-order valence-corrected chi connectivity index (χ4v) is 2.58. The molecular formula is C11H14N4O2S2. The Morgan fingerprint density at radius 2 is 2.05 bits per heavy atom. The standard InChI is InChI=1S/C11H14N4O2S2/c1-2-19(16,17)15-10-12-11(14-13-10)18-8-9-6-4-3-5-7-9/h3-7H,2,8H2,1H3,(H2,12,13,14,15). The molecule has 0 bridgehead atoms. The molecule has 0 amide bonds. The van der Waals surface area contributed by atoms with Crippen LogP contribution >= 0.6 is 11.8 Å². The predicted molar refractivity (Wildman–Crippen MR) is 75.5 cm³/mol. The molecule has 0 saturated heterocycles. The van der Waals surface area contributed by atoms with E-state index in [1.54, 1.807) is 6.92 Å². The van der Waals surface area contributed by atoms with Crippen molar-refractivity contribution in [3.63, 3.8) is 0 Å². The third-order valence-corrected chi connectivity index (χ3v) is 4.49. The molecule has 2 rings (SSSR count). The van der Waals surface area contributed by atoms with Gasteiger partial charge in [0.2, 0.25) is 21.1 Å². The highest BCUT2D eigenvalue weighted by molar-refractivity contribution is 7.98. The molecule has 2 N–H and O–H groups in total. The molecule has 0 fully saturated rings. The van der Waals surface area contributed by atoms with Crippen molar-refractivity contribution < 1.29 is 8.42 Å². The van der Waals surface area contributed by atoms with Gasteiger partial charge in [0.25, 0.3) is 0 Å². The molecule has 0 spiro atoms. The number of benzene rings is 1. The average Bonchev–Trinajstić information content (AvgIpc) is 2.84. The lowest BCUT2D eigenvalue weighted by molar-refractivity contribution is 0.602. The van der Waals surface area contributed by atoms with Crippen LogP contribution in [0, 0.1) is 0 Å². The Labute approximate surface area is 116 Å². The lowest BCUT2D eigenvalue weighted by Gasteiger charge is -1.99. The predicted octanol–water partition coefficient (Wildman–Crippen LogP) is 1.86. The van der Waals surface area contributed by atoms with Crippen molar-refractivity contribution in [1.29, 1.82) is 0 Å². The van der Waals surface area contributed by atoms with E-state index in [9.17, 15) is 8.42 Å². The highest BCUT2D eigenvalue weighted by atomic mass is 32.2. The maximum atomic E-state index is 11.4. The summed E-state index contributed by atoms with van der Waals surface area (Å²) in [6, 6.07) is 9.92. The third kappa shape index (κ3) is 4.25. The van der Waals surface area contributed by atoms with Gasteiger partial charge in [-0.05, 0) is 12.5 Å². The molecule has 2 aromatic rings. The molecule has 19 heavy (non-hydrogen) atoms. The topological polar surface area (TPSA) is 87.7 Å². The van der Waals surface area contributed by atoms with Crippen LogP contribution in [0.4, 0.5) is 5.95 Å². The molecule has 0 saturated carbocycles. The normalized spacial score (nSPS) is 11.4. The van der Waals surface area contributed by atoms with E-state index in [0.717, 1.165) is 11.3 Å². The number of sulfonamides is 1. The van der Waals surface area contributed by atoms with Crippen LogP contribution in [0.25, 0.3) is 0 Å². The summed E-state index contributed by atoms with van der Waals surface area (Å²) in [6.45, 7) is 1.56. The molecule has 1 aromatic carbocycles. The molecule has 1 heterocycles. The van der Waals surface area contributed by atoms with Gasteiger partial charge in [0.05, 0.1) is 5.75 Å². The van der Waals surface area contributed by atoms with E-state index in [1.807, 2.05) is 30.3 Å². The number of anilines is 1. The number of aromatic amines is 1. The Kier molecular flexibility index (Phi) is 4.43. The van der Waals surface area contributed by atoms with E-state index < -0.39 is 10.0 Å². The molecule has 0 aliphatic carbocycles. The van der Waals surface area contributed by atoms with Gasteiger partial charge in [-0.1, -0.05) is 42.1 Å². The molecule has 102 valence electrons. The Balaban J connectivity index is 1.95. The average molecular weight is 298 g/mol. The number of thioether (sulfide) groups is 1. The first-order valence-electron chi connectivity index (χ1n) is 5.68. The molecule has 0 radical (unpaired) electrons. The fraction of sp³-hybridized carbons (Fsp3) is 0.273. The molecule has 0 atom stereocenters. The summed E-state index contributed by atoms with van der Waals surface area (Å²) in [7, 11) is -3.32. The van der Waals surface area contributed by atoms with E-state index in [0.29, 0.717) is 5.16 Å². The highest BCUT2D eigenvalue weighted by Crippen LogP contribution is 2.19. The van der Waals surface area contributed by atoms with Crippen molar-refractivity contribution in [1.82, 2.24) is 15.2 Å². The van der Waals surface area contributed by atoms with Crippen LogP contribution in [0.3, 0.4) is 0 Å². The van der Waals surface area contributed by atoms with E-state index in [2.05, 4.69) is 19.9 Å². The monoisotopic (exact) mass is 298 g/mol. The minimum absolute atomic E-state index is 0.000190. The SMILES string of the molecule is CCS(=O)(=O)Nc1nc(SCc2ccccc2)n[nH]1. The summed E-state index contributed by atoms with van der Waals surface area (Å²) in [5.74, 6) is 0.885. The zero-order valence-electron chi connectivity index (χ0n) is 10.3. The van der Waals surface area contributed by atoms with E-state index in [1.165, 1.54) is 11.8 Å². The number of rotatable bonds is 6. The fourth-order valence-electron chi connectivity index (χ4n) is 1.30. The zero-order valence-corrected chi connectivity index (χ0v) is 12.0. The van der Waals surface area contributed by atoms with Crippen molar-refractivity contribution in [2.24, 2.45) is 0 Å². The number of nitrogens with zero attached hydrogens (tertiary/aromatic N) is 2. The maximum Gasteiger partial charge on any atom is 0.234 e. The van der Waals surface area contributed by atoms with Crippen LogP contribution in [-0.4, -0.2) is 29.4 Å². The second kappa shape index (κ2) is 6.07. The van der Waals surface area contributed by atoms with Gasteiger partial charge in [-0.2, -0.15) is 4.98 Å². The quantitative estimate of drug-likeness (QED) is 0.795. The first-order chi connectivity index (χ1) is 9.09. The van der Waals surface area contributed by atoms with Gasteiger partial charge in [-0.25, -0.2) is 13.5 Å². The first kappa shape index (κ1) is 13.9. The van der Waals surface area contributed by atoms with Crippen LogP contribution in [0.5, 0.6) is 0 Å². The van der Waals surface area contributed by atoms with E-state index in [-0.39, 0.29) is 11.7 Å². The molecule has 0 aliphatic rings. The molecule has 0 aliphatic heterocycles. The summed E-state index contributed by atoms with van der Waals surface area (Å²) in [5.41, 5.74) is 1.16. The number of aromatic nitrogens is 3. The van der Waals surface area contributed by atoms with Crippen molar-refractivity contribution in [2.75, 3.05) is 10.5 Å². The van der Waals surface area contributed by atoms with Crippen LogP contribution in [0.2, 0.25) is 0 Å². The summed E-state index contributed by atoms with van der Waals surface area (Å²) in [4.78, 5) is 4.06. The van der Waals surface area contributed by atoms with Gasteiger partial charge < -0.3 is 0 Å². The summed E-state index contributed by atoms with van der Waals surface area (Å²) in [5, 5.41) is 7.02. The Hall–Kier alpha value is -1.54. The van der Waals surface area contributed by atoms with Crippen molar-refractivity contribution >= 4 is 27.7 Å². The second-order valence-corrected chi connectivity index (χ2v) is 6.70. The smallest absolute Gasteiger partial charge is 0.234 e. The largest absolute Gasteiger partial charge is 0.252 e. The Bertz CT molecular complexity index is 625.